The van der Waals surface area contributed by atoms with Crippen LogP contribution >= 0.6 is 0 Å². The molecular formula is C36H47N5O5. The quantitative estimate of drug-likeness (QED) is 0.353. The molecule has 0 radical (unpaired) electrons. The predicted molar refractivity (Wildman–Crippen MR) is 176 cm³/mol. The zero-order valence-electron chi connectivity index (χ0n) is 27.4. The highest BCUT2D eigenvalue weighted by molar-refractivity contribution is 5.98. The fraction of sp³-hybridized carbons (Fsp3) is 0.500. The molecule has 0 spiro atoms. The molecule has 2 fully saturated rings. The number of imidazole rings is 1. The standard InChI is InChI=1S/C36H47N5O5/c1-26(42)37-20-19-36(45)18-12-11-17-30(36)41-25-38-31(32(41)28-15-9-6-10-16-28)33(43)40-22-21-39(34(44)46-35(2,3)4)24-29(40)23-27-13-7-5-8-14-27/h5-10,13-16,25,29-30,45H,11-12,17-24H2,1-4H3,(H,37,42)/t29-,30+,36?/m1/s1. The van der Waals surface area contributed by atoms with E-state index in [1.54, 1.807) is 11.2 Å². The molecule has 5 rings (SSSR count). The van der Waals surface area contributed by atoms with Crippen molar-refractivity contribution in [2.45, 2.75) is 89.5 Å². The number of carbonyl (C=O) groups excluding carboxylic acids is 3. The molecule has 2 N–H and O–H groups in total. The maximum atomic E-state index is 14.6. The minimum Gasteiger partial charge on any atom is -0.444 e. The van der Waals surface area contributed by atoms with Crippen LogP contribution in [0.3, 0.4) is 0 Å². The third kappa shape index (κ3) is 7.78. The lowest BCUT2D eigenvalue weighted by molar-refractivity contribution is -0.119. The van der Waals surface area contributed by atoms with Crippen LogP contribution in [0.4, 0.5) is 4.79 Å². The molecule has 3 aromatic rings. The van der Waals surface area contributed by atoms with Crippen molar-refractivity contribution in [2.75, 3.05) is 26.2 Å². The van der Waals surface area contributed by atoms with E-state index in [1.165, 1.54) is 6.92 Å². The number of benzene rings is 2. The van der Waals surface area contributed by atoms with Gasteiger partial charge in [-0.1, -0.05) is 73.5 Å². The number of hydrogen-bond donors (Lipinski definition) is 2. The summed E-state index contributed by atoms with van der Waals surface area (Å²) in [6, 6.07) is 19.1. The van der Waals surface area contributed by atoms with Crippen LogP contribution in [0.5, 0.6) is 0 Å². The lowest BCUT2D eigenvalue weighted by Crippen LogP contribution is -2.58. The molecule has 10 nitrogen and oxygen atoms in total. The average Bonchev–Trinajstić information content (AvgIpc) is 3.45. The van der Waals surface area contributed by atoms with Gasteiger partial charge in [-0.25, -0.2) is 9.78 Å². The minimum absolute atomic E-state index is 0.131. The number of carbonyl (C=O) groups is 3. The summed E-state index contributed by atoms with van der Waals surface area (Å²) in [5.74, 6) is -0.340. The molecule has 3 amide bonds. The van der Waals surface area contributed by atoms with E-state index in [-0.39, 0.29) is 30.0 Å². The van der Waals surface area contributed by atoms with E-state index < -0.39 is 11.2 Å². The number of aliphatic hydroxyl groups is 1. The van der Waals surface area contributed by atoms with E-state index >= 15 is 0 Å². The van der Waals surface area contributed by atoms with Gasteiger partial charge >= 0.3 is 6.09 Å². The highest BCUT2D eigenvalue weighted by atomic mass is 16.6. The van der Waals surface area contributed by atoms with Gasteiger partial charge < -0.3 is 29.5 Å². The third-order valence-electron chi connectivity index (χ3n) is 8.98. The summed E-state index contributed by atoms with van der Waals surface area (Å²) in [7, 11) is 0. The normalized spacial score (nSPS) is 21.9. The highest BCUT2D eigenvalue weighted by Crippen LogP contribution is 2.42. The predicted octanol–water partition coefficient (Wildman–Crippen LogP) is 5.23. The highest BCUT2D eigenvalue weighted by Gasteiger charge is 2.42. The Hall–Kier alpha value is -4.18. The number of aromatic nitrogens is 2. The molecule has 1 aromatic heterocycles. The van der Waals surface area contributed by atoms with Crippen LogP contribution in [0.15, 0.2) is 67.0 Å². The molecule has 2 aliphatic rings. The van der Waals surface area contributed by atoms with E-state index in [9.17, 15) is 19.5 Å². The summed E-state index contributed by atoms with van der Waals surface area (Å²) in [4.78, 5) is 47.6. The first-order chi connectivity index (χ1) is 21.9. The molecule has 1 aliphatic heterocycles. The van der Waals surface area contributed by atoms with Crippen molar-refractivity contribution < 1.29 is 24.2 Å². The lowest BCUT2D eigenvalue weighted by atomic mass is 9.77. The van der Waals surface area contributed by atoms with Crippen molar-refractivity contribution in [3.63, 3.8) is 0 Å². The smallest absolute Gasteiger partial charge is 0.410 e. The zero-order chi connectivity index (χ0) is 32.9. The van der Waals surface area contributed by atoms with Gasteiger partial charge in [-0.05, 0) is 52.0 Å². The van der Waals surface area contributed by atoms with E-state index in [2.05, 4.69) is 5.32 Å². The van der Waals surface area contributed by atoms with Crippen molar-refractivity contribution in [1.82, 2.24) is 24.7 Å². The number of nitrogens with zero attached hydrogens (tertiary/aromatic N) is 4. The largest absolute Gasteiger partial charge is 0.444 e. The summed E-state index contributed by atoms with van der Waals surface area (Å²) >= 11 is 0. The van der Waals surface area contributed by atoms with Crippen molar-refractivity contribution in [2.24, 2.45) is 0 Å². The summed E-state index contributed by atoms with van der Waals surface area (Å²) in [6.07, 6.45) is 5.42. The van der Waals surface area contributed by atoms with Gasteiger partial charge in [0.25, 0.3) is 5.91 Å². The number of ether oxygens (including phenoxy) is 1. The molecule has 2 aromatic carbocycles. The van der Waals surface area contributed by atoms with Gasteiger partial charge in [0.05, 0.1) is 29.7 Å². The van der Waals surface area contributed by atoms with Crippen LogP contribution < -0.4 is 5.32 Å². The van der Waals surface area contributed by atoms with Crippen LogP contribution in [0.25, 0.3) is 11.3 Å². The zero-order valence-corrected chi connectivity index (χ0v) is 27.4. The Labute approximate surface area is 271 Å². The van der Waals surface area contributed by atoms with Gasteiger partial charge in [0, 0.05) is 38.7 Å². The monoisotopic (exact) mass is 629 g/mol. The molecule has 10 heteroatoms. The Balaban J connectivity index is 1.50. The van der Waals surface area contributed by atoms with Crippen LogP contribution in [-0.2, 0) is 16.0 Å². The van der Waals surface area contributed by atoms with Crippen LogP contribution in [0, 0.1) is 0 Å². The number of amides is 3. The second-order valence-electron chi connectivity index (χ2n) is 13.6. The Kier molecular flexibility index (Phi) is 10.2. The molecule has 0 bridgehead atoms. The maximum absolute atomic E-state index is 14.6. The fourth-order valence-electron chi connectivity index (χ4n) is 6.80. The first-order valence-corrected chi connectivity index (χ1v) is 16.4. The van der Waals surface area contributed by atoms with E-state index in [0.717, 1.165) is 30.4 Å². The van der Waals surface area contributed by atoms with Gasteiger partial charge in [0.2, 0.25) is 5.91 Å². The Morgan fingerprint density at radius 2 is 1.72 bits per heavy atom. The minimum atomic E-state index is -1.07. The first kappa shape index (κ1) is 33.2. The molecule has 1 saturated heterocycles. The molecule has 1 aliphatic carbocycles. The lowest BCUT2D eigenvalue weighted by Gasteiger charge is -2.42. The van der Waals surface area contributed by atoms with Crippen molar-refractivity contribution in [1.29, 1.82) is 0 Å². The van der Waals surface area contributed by atoms with E-state index in [0.29, 0.717) is 56.8 Å². The Morgan fingerprint density at radius 3 is 2.39 bits per heavy atom. The van der Waals surface area contributed by atoms with Crippen LogP contribution in [0.1, 0.15) is 81.9 Å². The van der Waals surface area contributed by atoms with Crippen molar-refractivity contribution >= 4 is 17.9 Å². The number of hydrogen-bond acceptors (Lipinski definition) is 6. The summed E-state index contributed by atoms with van der Waals surface area (Å²) < 4.78 is 7.67. The second-order valence-corrected chi connectivity index (χ2v) is 13.6. The SMILES string of the molecule is CC(=O)NCCC1(O)CCCC[C@@H]1n1cnc(C(=O)N2CCN(C(=O)OC(C)(C)C)C[C@H]2Cc2ccccc2)c1-c1ccccc1. The maximum Gasteiger partial charge on any atom is 0.410 e. The van der Waals surface area contributed by atoms with Gasteiger partial charge in [-0.3, -0.25) is 9.59 Å². The average molecular weight is 630 g/mol. The molecule has 1 unspecified atom stereocenters. The van der Waals surface area contributed by atoms with Gasteiger partial charge in [-0.15, -0.1) is 0 Å². The topological polar surface area (TPSA) is 117 Å². The van der Waals surface area contributed by atoms with Crippen molar-refractivity contribution in [3.8, 4) is 11.3 Å². The molecule has 46 heavy (non-hydrogen) atoms. The molecular weight excluding hydrogens is 582 g/mol. The molecule has 3 atom stereocenters. The van der Waals surface area contributed by atoms with Crippen LogP contribution in [-0.4, -0.2) is 85.8 Å². The van der Waals surface area contributed by atoms with E-state index in [1.807, 2.05) is 90.9 Å². The summed E-state index contributed by atoms with van der Waals surface area (Å²) in [5.41, 5.74) is 1.20. The van der Waals surface area contributed by atoms with Gasteiger partial charge in [0.1, 0.15) is 5.60 Å². The number of nitrogens with one attached hydrogen (secondary N) is 1. The Morgan fingerprint density at radius 1 is 1.02 bits per heavy atom. The molecule has 2 heterocycles. The Bertz CT molecular complexity index is 1500. The summed E-state index contributed by atoms with van der Waals surface area (Å²) in [5, 5.41) is 14.8. The van der Waals surface area contributed by atoms with Crippen molar-refractivity contribution in [3.05, 3.63) is 78.2 Å². The van der Waals surface area contributed by atoms with Crippen LogP contribution in [0.2, 0.25) is 0 Å². The second kappa shape index (κ2) is 14.1. The third-order valence-corrected chi connectivity index (χ3v) is 8.98. The molecule has 246 valence electrons. The van der Waals surface area contributed by atoms with Gasteiger partial charge in [-0.2, -0.15) is 0 Å². The van der Waals surface area contributed by atoms with E-state index in [4.69, 9.17) is 9.72 Å². The molecule has 1 saturated carbocycles. The fourth-order valence-corrected chi connectivity index (χ4v) is 6.80. The number of piperazine rings is 1. The first-order valence-electron chi connectivity index (χ1n) is 16.4. The van der Waals surface area contributed by atoms with Gasteiger partial charge in [0.15, 0.2) is 5.69 Å². The number of rotatable bonds is 8. The summed E-state index contributed by atoms with van der Waals surface area (Å²) in [6.45, 7) is 8.40.